The molecule has 0 saturated heterocycles. The average molecular weight is 936 g/mol. The van der Waals surface area contributed by atoms with Gasteiger partial charge in [-0.2, -0.15) is 0 Å². The summed E-state index contributed by atoms with van der Waals surface area (Å²) < 4.78 is 16.8. The Hall–Kier alpha value is -3.15. The molecule has 386 valence electrons. The predicted molar refractivity (Wildman–Crippen MR) is 288 cm³/mol. The van der Waals surface area contributed by atoms with E-state index in [1.165, 1.54) is 135 Å². The summed E-state index contributed by atoms with van der Waals surface area (Å²) in [7, 11) is 0. The van der Waals surface area contributed by atoms with Crippen molar-refractivity contribution in [2.45, 2.75) is 284 Å². The van der Waals surface area contributed by atoms with Crippen LogP contribution >= 0.6 is 0 Å². The zero-order valence-corrected chi connectivity index (χ0v) is 44.2. The minimum atomic E-state index is -0.792. The van der Waals surface area contributed by atoms with E-state index in [9.17, 15) is 14.4 Å². The molecule has 0 heterocycles. The first-order chi connectivity index (χ1) is 33.0. The van der Waals surface area contributed by atoms with Crippen LogP contribution in [0.1, 0.15) is 278 Å². The summed E-state index contributed by atoms with van der Waals surface area (Å²) >= 11 is 0. The summed E-state index contributed by atoms with van der Waals surface area (Å²) in [6.45, 7) is 6.49. The van der Waals surface area contributed by atoms with Gasteiger partial charge in [0, 0.05) is 19.3 Å². The van der Waals surface area contributed by atoms with Crippen molar-refractivity contribution >= 4 is 17.9 Å². The molecular weight excluding hydrogens is 829 g/mol. The predicted octanol–water partition coefficient (Wildman–Crippen LogP) is 19.0. The maximum Gasteiger partial charge on any atom is 0.306 e. The number of hydrogen-bond donors (Lipinski definition) is 0. The summed E-state index contributed by atoms with van der Waals surface area (Å²) in [5, 5.41) is 0. The molecule has 0 saturated carbocycles. The third kappa shape index (κ3) is 53.7. The van der Waals surface area contributed by atoms with Crippen LogP contribution in [0, 0.1) is 0 Å². The number of unbranched alkanes of at least 4 members (excludes halogenated alkanes) is 28. The van der Waals surface area contributed by atoms with Crippen LogP contribution in [0.5, 0.6) is 0 Å². The molecule has 0 aromatic heterocycles. The zero-order valence-electron chi connectivity index (χ0n) is 44.2. The molecule has 0 amide bonds. The lowest BCUT2D eigenvalue weighted by Crippen LogP contribution is -2.30. The van der Waals surface area contributed by atoms with Crippen LogP contribution in [0.3, 0.4) is 0 Å². The maximum atomic E-state index is 12.8. The molecule has 0 radical (unpaired) electrons. The molecule has 0 aromatic carbocycles. The molecule has 0 spiro atoms. The van der Waals surface area contributed by atoms with E-state index < -0.39 is 6.10 Å². The zero-order chi connectivity index (χ0) is 48.6. The largest absolute Gasteiger partial charge is 0.462 e. The molecule has 0 fully saturated rings. The van der Waals surface area contributed by atoms with Gasteiger partial charge in [0.05, 0.1) is 0 Å². The van der Waals surface area contributed by atoms with Gasteiger partial charge in [0.25, 0.3) is 0 Å². The molecular formula is C61H106O6. The quantitative estimate of drug-likeness (QED) is 0.0262. The number of rotatable bonds is 51. The van der Waals surface area contributed by atoms with Crippen LogP contribution in [-0.4, -0.2) is 37.2 Å². The minimum Gasteiger partial charge on any atom is -0.462 e. The van der Waals surface area contributed by atoms with E-state index in [4.69, 9.17) is 14.2 Å². The Bertz CT molecular complexity index is 1260. The first-order valence-electron chi connectivity index (χ1n) is 28.4. The van der Waals surface area contributed by atoms with Gasteiger partial charge in [0.15, 0.2) is 6.10 Å². The number of carbonyl (C=O) groups is 3. The van der Waals surface area contributed by atoms with Crippen molar-refractivity contribution in [1.82, 2.24) is 0 Å². The highest BCUT2D eigenvalue weighted by molar-refractivity contribution is 5.71. The summed E-state index contributed by atoms with van der Waals surface area (Å²) in [5.41, 5.74) is 0. The topological polar surface area (TPSA) is 78.9 Å². The van der Waals surface area contributed by atoms with E-state index in [0.717, 1.165) is 103 Å². The van der Waals surface area contributed by atoms with Crippen molar-refractivity contribution in [1.29, 1.82) is 0 Å². The molecule has 0 aromatic rings. The highest BCUT2D eigenvalue weighted by atomic mass is 16.6. The van der Waals surface area contributed by atoms with Crippen LogP contribution in [0.2, 0.25) is 0 Å². The fraction of sp³-hybridized carbons (Fsp3) is 0.754. The van der Waals surface area contributed by atoms with Crippen molar-refractivity contribution < 1.29 is 28.6 Å². The third-order valence-electron chi connectivity index (χ3n) is 12.2. The molecule has 67 heavy (non-hydrogen) atoms. The normalized spacial score (nSPS) is 12.6. The second-order valence-corrected chi connectivity index (χ2v) is 18.8. The van der Waals surface area contributed by atoms with Crippen LogP contribution < -0.4 is 0 Å². The fourth-order valence-corrected chi connectivity index (χ4v) is 7.89. The van der Waals surface area contributed by atoms with Crippen LogP contribution in [0.15, 0.2) is 72.9 Å². The van der Waals surface area contributed by atoms with E-state index in [1.807, 2.05) is 0 Å². The lowest BCUT2D eigenvalue weighted by Gasteiger charge is -2.18. The SMILES string of the molecule is CC/C=C\C/C=C\C/C=C\C/C=C\CCCCCCC(=O)OC(COC(=O)CCCCCCC/C=C\CCCCCC)COC(=O)CCCCCCCCCCC/C=C\CCCCCCCC. The molecule has 0 N–H and O–H groups in total. The van der Waals surface area contributed by atoms with Gasteiger partial charge in [-0.1, -0.05) is 222 Å². The summed E-state index contributed by atoms with van der Waals surface area (Å²) in [4.78, 5) is 38.1. The molecule has 0 aliphatic rings. The van der Waals surface area contributed by atoms with Gasteiger partial charge >= 0.3 is 17.9 Å². The average Bonchev–Trinajstić information content (AvgIpc) is 3.33. The standard InChI is InChI=1S/C61H106O6/c1-4-7-10-13-16-19-22-25-27-29-30-32-33-36-39-42-45-48-51-54-60(63)66-57-58(56-65-59(62)53-50-47-44-41-38-35-24-21-18-15-12-9-6-3)67-61(64)55-52-49-46-43-40-37-34-31-28-26-23-20-17-14-11-8-5-2/h8,11,17,20-21,24-28,34,37,58H,4-7,9-10,12-16,18-19,22-23,29-33,35-36,38-57H2,1-3H3/b11-8-,20-17-,24-21-,27-25-,28-26-,37-34-. The summed E-state index contributed by atoms with van der Waals surface area (Å²) in [6.07, 6.45) is 70.3. The Kier molecular flexibility index (Phi) is 52.8. The highest BCUT2D eigenvalue weighted by Crippen LogP contribution is 2.15. The second kappa shape index (κ2) is 55.4. The van der Waals surface area contributed by atoms with Gasteiger partial charge in [-0.25, -0.2) is 0 Å². The number of allylic oxidation sites excluding steroid dienone is 12. The lowest BCUT2D eigenvalue weighted by atomic mass is 10.1. The van der Waals surface area contributed by atoms with Crippen molar-refractivity contribution in [2.24, 2.45) is 0 Å². The Morgan fingerprint density at radius 3 is 0.940 bits per heavy atom. The van der Waals surface area contributed by atoms with Crippen LogP contribution in [0.4, 0.5) is 0 Å². The molecule has 1 atom stereocenters. The smallest absolute Gasteiger partial charge is 0.306 e. The van der Waals surface area contributed by atoms with Gasteiger partial charge in [-0.05, 0) is 109 Å². The number of ether oxygens (including phenoxy) is 3. The van der Waals surface area contributed by atoms with Crippen molar-refractivity contribution in [3.05, 3.63) is 72.9 Å². The van der Waals surface area contributed by atoms with Crippen LogP contribution in [0.25, 0.3) is 0 Å². The van der Waals surface area contributed by atoms with Crippen LogP contribution in [-0.2, 0) is 28.6 Å². The lowest BCUT2D eigenvalue weighted by molar-refractivity contribution is -0.167. The van der Waals surface area contributed by atoms with E-state index in [1.54, 1.807) is 0 Å². The van der Waals surface area contributed by atoms with Gasteiger partial charge in [-0.3, -0.25) is 14.4 Å². The van der Waals surface area contributed by atoms with Gasteiger partial charge in [-0.15, -0.1) is 0 Å². The molecule has 1 unspecified atom stereocenters. The van der Waals surface area contributed by atoms with Gasteiger partial charge in [0.1, 0.15) is 13.2 Å². The van der Waals surface area contributed by atoms with E-state index in [2.05, 4.69) is 93.7 Å². The molecule has 0 rings (SSSR count). The number of carbonyl (C=O) groups excluding carboxylic acids is 3. The van der Waals surface area contributed by atoms with E-state index in [0.29, 0.717) is 19.3 Å². The minimum absolute atomic E-state index is 0.0885. The third-order valence-corrected chi connectivity index (χ3v) is 12.2. The molecule has 0 aliphatic heterocycles. The van der Waals surface area contributed by atoms with Gasteiger partial charge < -0.3 is 14.2 Å². The maximum absolute atomic E-state index is 12.8. The fourth-order valence-electron chi connectivity index (χ4n) is 7.89. The summed E-state index contributed by atoms with van der Waals surface area (Å²) in [5.74, 6) is -0.917. The Morgan fingerprint density at radius 1 is 0.313 bits per heavy atom. The van der Waals surface area contributed by atoms with Crippen molar-refractivity contribution in [2.75, 3.05) is 13.2 Å². The first kappa shape index (κ1) is 63.8. The Labute approximate surface area is 414 Å². The Morgan fingerprint density at radius 2 is 0.582 bits per heavy atom. The molecule has 0 aliphatic carbocycles. The number of hydrogen-bond acceptors (Lipinski definition) is 6. The molecule has 6 heteroatoms. The number of esters is 3. The highest BCUT2D eigenvalue weighted by Gasteiger charge is 2.19. The molecule has 0 bridgehead atoms. The monoisotopic (exact) mass is 935 g/mol. The second-order valence-electron chi connectivity index (χ2n) is 18.8. The van der Waals surface area contributed by atoms with E-state index >= 15 is 0 Å². The van der Waals surface area contributed by atoms with Crippen molar-refractivity contribution in [3.63, 3.8) is 0 Å². The molecule has 6 nitrogen and oxygen atoms in total. The Balaban J connectivity index is 4.40. The van der Waals surface area contributed by atoms with Gasteiger partial charge in [0.2, 0.25) is 0 Å². The first-order valence-corrected chi connectivity index (χ1v) is 28.4. The van der Waals surface area contributed by atoms with E-state index in [-0.39, 0.29) is 31.1 Å². The van der Waals surface area contributed by atoms with Crippen molar-refractivity contribution in [3.8, 4) is 0 Å². The summed E-state index contributed by atoms with van der Waals surface area (Å²) in [6, 6.07) is 0.